The molecule has 0 aliphatic carbocycles. The Bertz CT molecular complexity index is 589. The van der Waals surface area contributed by atoms with Crippen LogP contribution in [0.1, 0.15) is 43.6 Å². The Labute approximate surface area is 127 Å². The molecule has 1 atom stereocenters. The molecule has 21 heavy (non-hydrogen) atoms. The van der Waals surface area contributed by atoms with Crippen molar-refractivity contribution in [3.8, 4) is 5.75 Å². The number of hydrogen-bond donors (Lipinski definition) is 1. The van der Waals surface area contributed by atoms with Gasteiger partial charge in [-0.1, -0.05) is 12.1 Å². The standard InChI is InChI=1S/C17H25N3O/c1-12(2)21-16-8-6-7-15(9-16)10-18-13(3)17-11-19-20(5)14(17)4/h6-9,11-13,18H,10H2,1-5H3. The van der Waals surface area contributed by atoms with Crippen LogP contribution >= 0.6 is 0 Å². The van der Waals surface area contributed by atoms with Gasteiger partial charge in [0.15, 0.2) is 0 Å². The molecule has 0 aliphatic heterocycles. The van der Waals surface area contributed by atoms with Crippen molar-refractivity contribution < 1.29 is 4.74 Å². The molecule has 1 aromatic carbocycles. The molecule has 4 heteroatoms. The number of nitrogens with zero attached hydrogens (tertiary/aromatic N) is 2. The minimum atomic E-state index is 0.199. The summed E-state index contributed by atoms with van der Waals surface area (Å²) in [5, 5.41) is 7.84. The molecule has 4 nitrogen and oxygen atoms in total. The summed E-state index contributed by atoms with van der Waals surface area (Å²) < 4.78 is 7.63. The molecule has 0 radical (unpaired) electrons. The van der Waals surface area contributed by atoms with Crippen molar-refractivity contribution >= 4 is 0 Å². The molecule has 1 N–H and O–H groups in total. The van der Waals surface area contributed by atoms with Crippen LogP contribution in [0.4, 0.5) is 0 Å². The van der Waals surface area contributed by atoms with Crippen molar-refractivity contribution in [2.45, 2.75) is 46.4 Å². The van der Waals surface area contributed by atoms with Crippen LogP contribution in [0.5, 0.6) is 5.75 Å². The Hall–Kier alpha value is -1.81. The van der Waals surface area contributed by atoms with Gasteiger partial charge in [0, 0.05) is 30.9 Å². The van der Waals surface area contributed by atoms with E-state index in [1.165, 1.54) is 16.8 Å². The molecule has 2 rings (SSSR count). The second-order valence-corrected chi connectivity index (χ2v) is 5.73. The van der Waals surface area contributed by atoms with Crippen LogP contribution in [0, 0.1) is 6.92 Å². The maximum atomic E-state index is 5.73. The van der Waals surface area contributed by atoms with Crippen molar-refractivity contribution in [3.63, 3.8) is 0 Å². The number of hydrogen-bond acceptors (Lipinski definition) is 3. The van der Waals surface area contributed by atoms with Crippen molar-refractivity contribution in [2.75, 3.05) is 0 Å². The predicted octanol–water partition coefficient (Wildman–Crippen LogP) is 3.37. The second kappa shape index (κ2) is 6.76. The molecule has 0 spiro atoms. The number of aryl methyl sites for hydroxylation is 1. The molecular formula is C17H25N3O. The summed E-state index contributed by atoms with van der Waals surface area (Å²) in [5.41, 5.74) is 3.67. The van der Waals surface area contributed by atoms with Gasteiger partial charge in [-0.05, 0) is 45.4 Å². The van der Waals surface area contributed by atoms with Gasteiger partial charge in [-0.25, -0.2) is 0 Å². The fourth-order valence-corrected chi connectivity index (χ4v) is 2.32. The Morgan fingerprint density at radius 1 is 1.29 bits per heavy atom. The Morgan fingerprint density at radius 3 is 2.67 bits per heavy atom. The summed E-state index contributed by atoms with van der Waals surface area (Å²) in [6, 6.07) is 8.51. The first kappa shape index (κ1) is 15.6. The average molecular weight is 287 g/mol. The molecule has 1 aromatic heterocycles. The third-order valence-corrected chi connectivity index (χ3v) is 3.62. The smallest absolute Gasteiger partial charge is 0.120 e. The van der Waals surface area contributed by atoms with Crippen LogP contribution in [0.2, 0.25) is 0 Å². The summed E-state index contributed by atoms with van der Waals surface area (Å²) in [4.78, 5) is 0. The van der Waals surface area contributed by atoms with E-state index in [1.54, 1.807) is 0 Å². The van der Waals surface area contributed by atoms with Gasteiger partial charge in [-0.2, -0.15) is 5.10 Å². The second-order valence-electron chi connectivity index (χ2n) is 5.73. The zero-order valence-electron chi connectivity index (χ0n) is 13.6. The number of rotatable bonds is 6. The van der Waals surface area contributed by atoms with Crippen molar-refractivity contribution in [1.82, 2.24) is 15.1 Å². The molecule has 0 amide bonds. The lowest BCUT2D eigenvalue weighted by molar-refractivity contribution is 0.242. The van der Waals surface area contributed by atoms with Crippen molar-refractivity contribution in [3.05, 3.63) is 47.3 Å². The van der Waals surface area contributed by atoms with E-state index in [0.29, 0.717) is 0 Å². The summed E-state index contributed by atoms with van der Waals surface area (Å²) in [6.45, 7) is 9.15. The van der Waals surface area contributed by atoms with E-state index in [-0.39, 0.29) is 12.1 Å². The van der Waals surface area contributed by atoms with E-state index in [2.05, 4.69) is 36.4 Å². The molecule has 1 unspecified atom stereocenters. The van der Waals surface area contributed by atoms with Crippen LogP contribution in [0.25, 0.3) is 0 Å². The van der Waals surface area contributed by atoms with Crippen molar-refractivity contribution in [1.29, 1.82) is 0 Å². The molecule has 0 saturated heterocycles. The number of aromatic nitrogens is 2. The van der Waals surface area contributed by atoms with E-state index in [4.69, 9.17) is 4.74 Å². The Morgan fingerprint density at radius 2 is 2.05 bits per heavy atom. The quantitative estimate of drug-likeness (QED) is 0.885. The molecule has 0 bridgehead atoms. The highest BCUT2D eigenvalue weighted by atomic mass is 16.5. The zero-order chi connectivity index (χ0) is 15.4. The van der Waals surface area contributed by atoms with Crippen LogP contribution < -0.4 is 10.1 Å². The fourth-order valence-electron chi connectivity index (χ4n) is 2.32. The highest BCUT2D eigenvalue weighted by Crippen LogP contribution is 2.18. The summed E-state index contributed by atoms with van der Waals surface area (Å²) in [7, 11) is 1.97. The lowest BCUT2D eigenvalue weighted by atomic mass is 10.1. The first-order valence-corrected chi connectivity index (χ1v) is 7.45. The van der Waals surface area contributed by atoms with Gasteiger partial charge in [0.2, 0.25) is 0 Å². The molecule has 0 fully saturated rings. The minimum absolute atomic E-state index is 0.199. The third kappa shape index (κ3) is 4.08. The van der Waals surface area contributed by atoms with E-state index in [0.717, 1.165) is 12.3 Å². The Kier molecular flexibility index (Phi) is 5.02. The summed E-state index contributed by atoms with van der Waals surface area (Å²) in [6.07, 6.45) is 2.14. The maximum Gasteiger partial charge on any atom is 0.120 e. The highest BCUT2D eigenvalue weighted by Gasteiger charge is 2.11. The van der Waals surface area contributed by atoms with Gasteiger partial charge >= 0.3 is 0 Å². The number of ether oxygens (including phenoxy) is 1. The predicted molar refractivity (Wildman–Crippen MR) is 85.4 cm³/mol. The summed E-state index contributed by atoms with van der Waals surface area (Å²) in [5.74, 6) is 0.925. The van der Waals surface area contributed by atoms with Gasteiger partial charge in [0.1, 0.15) is 5.75 Å². The molecular weight excluding hydrogens is 262 g/mol. The Balaban J connectivity index is 1.98. The SMILES string of the molecule is Cc1c(C(C)NCc2cccc(OC(C)C)c2)cnn1C. The van der Waals surface area contributed by atoms with E-state index >= 15 is 0 Å². The van der Waals surface area contributed by atoms with E-state index < -0.39 is 0 Å². The van der Waals surface area contributed by atoms with Gasteiger partial charge < -0.3 is 10.1 Å². The van der Waals surface area contributed by atoms with Crippen LogP contribution in [-0.4, -0.2) is 15.9 Å². The zero-order valence-corrected chi connectivity index (χ0v) is 13.6. The fraction of sp³-hybridized carbons (Fsp3) is 0.471. The summed E-state index contributed by atoms with van der Waals surface area (Å²) >= 11 is 0. The first-order chi connectivity index (χ1) is 9.97. The van der Waals surface area contributed by atoms with Gasteiger partial charge in [-0.3, -0.25) is 4.68 Å². The van der Waals surface area contributed by atoms with Crippen LogP contribution in [0.3, 0.4) is 0 Å². The molecule has 0 saturated carbocycles. The maximum absolute atomic E-state index is 5.73. The van der Waals surface area contributed by atoms with Crippen LogP contribution in [0.15, 0.2) is 30.5 Å². The van der Waals surface area contributed by atoms with Crippen LogP contribution in [-0.2, 0) is 13.6 Å². The monoisotopic (exact) mass is 287 g/mol. The van der Waals surface area contributed by atoms with Gasteiger partial charge in [0.05, 0.1) is 12.3 Å². The molecule has 2 aromatic rings. The normalized spacial score (nSPS) is 12.7. The number of nitrogens with one attached hydrogen (secondary N) is 1. The van der Waals surface area contributed by atoms with Crippen molar-refractivity contribution in [2.24, 2.45) is 7.05 Å². The lowest BCUT2D eigenvalue weighted by Gasteiger charge is -2.15. The average Bonchev–Trinajstić information content (AvgIpc) is 2.76. The molecule has 114 valence electrons. The molecule has 1 heterocycles. The topological polar surface area (TPSA) is 39.1 Å². The molecule has 0 aliphatic rings. The van der Waals surface area contributed by atoms with Gasteiger partial charge in [0.25, 0.3) is 0 Å². The van der Waals surface area contributed by atoms with E-state index in [9.17, 15) is 0 Å². The van der Waals surface area contributed by atoms with Gasteiger partial charge in [-0.15, -0.1) is 0 Å². The lowest BCUT2D eigenvalue weighted by Crippen LogP contribution is -2.18. The minimum Gasteiger partial charge on any atom is -0.491 e. The largest absolute Gasteiger partial charge is 0.491 e. The van der Waals surface area contributed by atoms with E-state index in [1.807, 2.05) is 43.9 Å². The first-order valence-electron chi connectivity index (χ1n) is 7.45. The highest BCUT2D eigenvalue weighted by molar-refractivity contribution is 5.29. The number of benzene rings is 1. The third-order valence-electron chi connectivity index (χ3n) is 3.62.